The van der Waals surface area contributed by atoms with Gasteiger partial charge in [0.1, 0.15) is 5.65 Å². The minimum atomic E-state index is -3.59. The van der Waals surface area contributed by atoms with Gasteiger partial charge in [-0.05, 0) is 43.7 Å². The summed E-state index contributed by atoms with van der Waals surface area (Å²) in [5.74, 6) is -0.189. The van der Waals surface area contributed by atoms with Crippen LogP contribution in [0.1, 0.15) is 16.8 Å². The van der Waals surface area contributed by atoms with Crippen molar-refractivity contribution in [2.75, 3.05) is 26.2 Å². The highest BCUT2D eigenvalue weighted by atomic mass is 35.5. The summed E-state index contributed by atoms with van der Waals surface area (Å²) in [7, 11) is -3.59. The average molecular weight is 459 g/mol. The predicted octanol–water partition coefficient (Wildman–Crippen LogP) is 3.15. The molecule has 7 nitrogen and oxygen atoms in total. The molecular weight excluding hydrogens is 436 g/mol. The molecule has 1 fully saturated rings. The third-order valence-corrected chi connectivity index (χ3v) is 7.74. The van der Waals surface area contributed by atoms with Gasteiger partial charge in [-0.15, -0.1) is 0 Å². The monoisotopic (exact) mass is 458 g/mol. The minimum absolute atomic E-state index is 0.189. The van der Waals surface area contributed by atoms with Gasteiger partial charge in [0.2, 0.25) is 15.9 Å². The van der Waals surface area contributed by atoms with Crippen molar-refractivity contribution in [3.63, 3.8) is 0 Å². The van der Waals surface area contributed by atoms with Gasteiger partial charge in [0.25, 0.3) is 0 Å². The largest absolute Gasteiger partial charge is 0.337 e. The number of fused-ring (bicyclic) bond motifs is 1. The molecule has 1 aliphatic heterocycles. The molecule has 1 aliphatic rings. The zero-order valence-corrected chi connectivity index (χ0v) is 18.9. The van der Waals surface area contributed by atoms with Gasteiger partial charge in [-0.2, -0.15) is 4.31 Å². The maximum atomic E-state index is 13.0. The van der Waals surface area contributed by atoms with Crippen molar-refractivity contribution in [2.45, 2.75) is 18.7 Å². The second kappa shape index (κ2) is 8.45. The number of hydrogen-bond donors (Lipinski definition) is 0. The summed E-state index contributed by atoms with van der Waals surface area (Å²) in [6.45, 7) is 4.90. The number of benzene rings is 1. The Balaban J connectivity index is 1.44. The van der Waals surface area contributed by atoms with Crippen LogP contribution in [0.25, 0.3) is 11.7 Å². The van der Waals surface area contributed by atoms with Crippen LogP contribution < -0.4 is 0 Å². The number of piperazine rings is 1. The Morgan fingerprint density at radius 1 is 1.10 bits per heavy atom. The van der Waals surface area contributed by atoms with Crippen LogP contribution in [0, 0.1) is 13.8 Å². The lowest BCUT2D eigenvalue weighted by atomic mass is 10.2. The summed E-state index contributed by atoms with van der Waals surface area (Å²) in [6.07, 6.45) is 4.93. The van der Waals surface area contributed by atoms with Gasteiger partial charge in [-0.25, -0.2) is 13.4 Å². The molecule has 9 heteroatoms. The van der Waals surface area contributed by atoms with Gasteiger partial charge in [-0.1, -0.05) is 35.4 Å². The highest BCUT2D eigenvalue weighted by Gasteiger charge is 2.30. The van der Waals surface area contributed by atoms with Crippen molar-refractivity contribution in [1.29, 1.82) is 0 Å². The molecule has 0 saturated carbocycles. The van der Waals surface area contributed by atoms with Gasteiger partial charge in [0, 0.05) is 38.5 Å². The predicted molar refractivity (Wildman–Crippen MR) is 120 cm³/mol. The van der Waals surface area contributed by atoms with E-state index in [0.717, 1.165) is 11.1 Å². The van der Waals surface area contributed by atoms with Crippen LogP contribution in [0.4, 0.5) is 0 Å². The number of carbonyl (C=O) groups is 1. The van der Waals surface area contributed by atoms with Gasteiger partial charge >= 0.3 is 0 Å². The first-order valence-corrected chi connectivity index (χ1v) is 11.8. The Kier molecular flexibility index (Phi) is 5.88. The lowest BCUT2D eigenvalue weighted by Gasteiger charge is -2.33. The molecule has 2 aromatic heterocycles. The van der Waals surface area contributed by atoms with E-state index in [0.29, 0.717) is 34.5 Å². The molecule has 1 aromatic carbocycles. The third kappa shape index (κ3) is 4.23. The lowest BCUT2D eigenvalue weighted by molar-refractivity contribution is -0.127. The number of halogens is 1. The van der Waals surface area contributed by atoms with E-state index in [1.54, 1.807) is 34.4 Å². The van der Waals surface area contributed by atoms with E-state index in [1.165, 1.54) is 10.4 Å². The number of amides is 1. The number of rotatable bonds is 4. The second-order valence-corrected chi connectivity index (χ2v) is 9.81. The number of aryl methyl sites for hydroxylation is 2. The number of aromatic nitrogens is 2. The molecule has 4 rings (SSSR count). The Bertz CT molecular complexity index is 1280. The summed E-state index contributed by atoms with van der Waals surface area (Å²) in [5, 5.41) is 0.319. The normalized spacial score (nSPS) is 15.8. The van der Waals surface area contributed by atoms with Crippen LogP contribution in [-0.2, 0) is 14.8 Å². The summed E-state index contributed by atoms with van der Waals surface area (Å²) >= 11 is 6.21. The number of imidazole rings is 1. The Hall–Kier alpha value is -2.68. The molecule has 3 heterocycles. The fraction of sp³-hybridized carbons (Fsp3) is 0.273. The maximum absolute atomic E-state index is 13.0. The van der Waals surface area contributed by atoms with Gasteiger partial charge < -0.3 is 4.90 Å². The quantitative estimate of drug-likeness (QED) is 0.563. The van der Waals surface area contributed by atoms with Crippen molar-refractivity contribution in [3.05, 3.63) is 70.6 Å². The van der Waals surface area contributed by atoms with Crippen LogP contribution in [-0.4, -0.2) is 59.1 Å². The molecule has 0 spiro atoms. The van der Waals surface area contributed by atoms with E-state index in [-0.39, 0.29) is 19.0 Å². The lowest BCUT2D eigenvalue weighted by Crippen LogP contribution is -2.50. The molecular formula is C22H23ClN4O3S. The second-order valence-electron chi connectivity index (χ2n) is 7.55. The molecule has 1 saturated heterocycles. The Morgan fingerprint density at radius 2 is 1.84 bits per heavy atom. The summed E-state index contributed by atoms with van der Waals surface area (Å²) in [4.78, 5) is 18.9. The highest BCUT2D eigenvalue weighted by Crippen LogP contribution is 2.23. The highest BCUT2D eigenvalue weighted by molar-refractivity contribution is 7.89. The molecule has 0 unspecified atom stereocenters. The molecule has 0 radical (unpaired) electrons. The van der Waals surface area contributed by atoms with Gasteiger partial charge in [0.05, 0.1) is 10.6 Å². The van der Waals surface area contributed by atoms with Crippen LogP contribution >= 0.6 is 11.6 Å². The molecule has 0 N–H and O–H groups in total. The molecule has 0 bridgehead atoms. The molecule has 162 valence electrons. The van der Waals surface area contributed by atoms with Crippen molar-refractivity contribution >= 4 is 39.3 Å². The first-order valence-electron chi connectivity index (χ1n) is 9.94. The number of carbonyl (C=O) groups excluding carboxylic acids is 1. The van der Waals surface area contributed by atoms with Crippen LogP contribution in [0.15, 0.2) is 53.6 Å². The minimum Gasteiger partial charge on any atom is -0.337 e. The molecule has 3 aromatic rings. The number of nitrogens with zero attached hydrogens (tertiary/aromatic N) is 4. The van der Waals surface area contributed by atoms with Crippen molar-refractivity contribution < 1.29 is 13.2 Å². The van der Waals surface area contributed by atoms with E-state index in [4.69, 9.17) is 11.6 Å². The van der Waals surface area contributed by atoms with Gasteiger partial charge in [-0.3, -0.25) is 9.20 Å². The number of sulfonamides is 1. The molecule has 1 amide bonds. The smallest absolute Gasteiger partial charge is 0.246 e. The maximum Gasteiger partial charge on any atom is 0.246 e. The fourth-order valence-corrected chi connectivity index (χ4v) is 5.64. The van der Waals surface area contributed by atoms with Gasteiger partial charge in [0.15, 0.2) is 5.15 Å². The molecule has 0 atom stereocenters. The van der Waals surface area contributed by atoms with E-state index in [9.17, 15) is 13.2 Å². The third-order valence-electron chi connectivity index (χ3n) is 5.40. The Morgan fingerprint density at radius 3 is 2.55 bits per heavy atom. The first-order chi connectivity index (χ1) is 14.8. The summed E-state index contributed by atoms with van der Waals surface area (Å²) < 4.78 is 29.3. The number of pyridine rings is 1. The summed E-state index contributed by atoms with van der Waals surface area (Å²) in [5.41, 5.74) is 3.07. The standard InChI is InChI=1S/C22H23ClN4O3S/c1-16-6-8-19(17(2)15-16)31(29,30)26-13-11-25(12-14-26)21(28)9-7-18-22(23)24-20-5-3-4-10-27(18)20/h3-10,15H,11-14H2,1-2H3/b9-7+. The molecule has 31 heavy (non-hydrogen) atoms. The average Bonchev–Trinajstić information content (AvgIpc) is 3.06. The van der Waals surface area contributed by atoms with E-state index >= 15 is 0 Å². The van der Waals surface area contributed by atoms with Crippen molar-refractivity contribution in [1.82, 2.24) is 18.6 Å². The van der Waals surface area contributed by atoms with Crippen LogP contribution in [0.3, 0.4) is 0 Å². The first kappa shape index (κ1) is 21.5. The Labute approximate surface area is 186 Å². The van der Waals surface area contributed by atoms with Crippen molar-refractivity contribution in [2.24, 2.45) is 0 Å². The number of hydrogen-bond acceptors (Lipinski definition) is 4. The summed E-state index contributed by atoms with van der Waals surface area (Å²) in [6, 6.07) is 10.9. The zero-order chi connectivity index (χ0) is 22.2. The molecule has 0 aliphatic carbocycles. The SMILES string of the molecule is Cc1ccc(S(=O)(=O)N2CCN(C(=O)/C=C/c3c(Cl)nc4ccccn34)CC2)c(C)c1. The van der Waals surface area contributed by atoms with E-state index in [1.807, 2.05) is 37.4 Å². The van der Waals surface area contributed by atoms with Crippen molar-refractivity contribution in [3.8, 4) is 0 Å². The van der Waals surface area contributed by atoms with E-state index in [2.05, 4.69) is 4.98 Å². The fourth-order valence-electron chi connectivity index (χ4n) is 3.77. The van der Waals surface area contributed by atoms with Crippen LogP contribution in [0.5, 0.6) is 0 Å². The van der Waals surface area contributed by atoms with Crippen LogP contribution in [0.2, 0.25) is 5.15 Å². The van der Waals surface area contributed by atoms with E-state index < -0.39 is 10.0 Å². The topological polar surface area (TPSA) is 75.0 Å². The zero-order valence-electron chi connectivity index (χ0n) is 17.3.